The zero-order chi connectivity index (χ0) is 15.2. The molecule has 21 heavy (non-hydrogen) atoms. The molecule has 0 atom stereocenters. The van der Waals surface area contributed by atoms with E-state index in [9.17, 15) is 4.79 Å². The molecule has 2 N–H and O–H groups in total. The average molecular weight is 306 g/mol. The summed E-state index contributed by atoms with van der Waals surface area (Å²) in [5, 5.41) is 3.07. The molecule has 1 heterocycles. The van der Waals surface area contributed by atoms with Crippen molar-refractivity contribution in [2.24, 2.45) is 5.73 Å². The molecule has 0 saturated heterocycles. The summed E-state index contributed by atoms with van der Waals surface area (Å²) in [5.74, 6) is 0.456. The maximum atomic E-state index is 11.5. The van der Waals surface area contributed by atoms with E-state index in [1.54, 1.807) is 29.5 Å². The fourth-order valence-electron chi connectivity index (χ4n) is 1.85. The number of nitrogens with two attached hydrogens (primary N) is 1. The van der Waals surface area contributed by atoms with E-state index in [1.807, 2.05) is 5.38 Å². The highest BCUT2D eigenvalue weighted by atomic mass is 32.1. The second-order valence-electron chi connectivity index (χ2n) is 4.50. The molecule has 1 amide bonds. The van der Waals surface area contributed by atoms with Gasteiger partial charge in [-0.1, -0.05) is 6.92 Å². The highest BCUT2D eigenvalue weighted by Gasteiger charge is 2.12. The van der Waals surface area contributed by atoms with Crippen molar-refractivity contribution in [3.05, 3.63) is 39.8 Å². The van der Waals surface area contributed by atoms with Gasteiger partial charge in [-0.05, 0) is 31.0 Å². The molecule has 0 aliphatic carbocycles. The van der Waals surface area contributed by atoms with Gasteiger partial charge in [0.25, 0.3) is 5.91 Å². The Bertz CT molecular complexity index is 625. The third-order valence-electron chi connectivity index (χ3n) is 2.89. The van der Waals surface area contributed by atoms with Crippen LogP contribution in [0.3, 0.4) is 0 Å². The summed E-state index contributed by atoms with van der Waals surface area (Å²) in [7, 11) is 1.53. The molecule has 6 heteroatoms. The summed E-state index contributed by atoms with van der Waals surface area (Å²) in [6.07, 6.45) is 2.04. The molecule has 1 aromatic carbocycles. The minimum atomic E-state index is -0.547. The van der Waals surface area contributed by atoms with Gasteiger partial charge < -0.3 is 15.2 Å². The predicted molar refractivity (Wildman–Crippen MR) is 82.0 cm³/mol. The van der Waals surface area contributed by atoms with Gasteiger partial charge in [0.2, 0.25) is 0 Å². The van der Waals surface area contributed by atoms with Crippen LogP contribution in [0.4, 0.5) is 0 Å². The van der Waals surface area contributed by atoms with Crippen LogP contribution in [0, 0.1) is 0 Å². The molecule has 0 bridgehead atoms. The Hall–Kier alpha value is -2.08. The van der Waals surface area contributed by atoms with Gasteiger partial charge in [0.05, 0.1) is 23.4 Å². The van der Waals surface area contributed by atoms with E-state index >= 15 is 0 Å². The van der Waals surface area contributed by atoms with Gasteiger partial charge in [0.15, 0.2) is 0 Å². The number of nitrogens with zero attached hydrogens (tertiary/aromatic N) is 1. The van der Waals surface area contributed by atoms with Crippen molar-refractivity contribution >= 4 is 17.2 Å². The Morgan fingerprint density at radius 3 is 2.90 bits per heavy atom. The number of aryl methyl sites for hydroxylation is 1. The van der Waals surface area contributed by atoms with Crippen LogP contribution >= 0.6 is 11.3 Å². The molecule has 0 radical (unpaired) electrons. The lowest BCUT2D eigenvalue weighted by atomic mass is 10.2. The van der Waals surface area contributed by atoms with Gasteiger partial charge in [0, 0.05) is 5.38 Å². The number of ether oxygens (including phenoxy) is 2. The van der Waals surface area contributed by atoms with Crippen molar-refractivity contribution in [1.82, 2.24) is 4.98 Å². The maximum absolute atomic E-state index is 11.5. The minimum Gasteiger partial charge on any atom is -0.497 e. The Kier molecular flexibility index (Phi) is 5.16. The summed E-state index contributed by atoms with van der Waals surface area (Å²) in [5.41, 5.74) is 6.52. The summed E-state index contributed by atoms with van der Waals surface area (Å²) in [4.78, 5) is 15.9. The van der Waals surface area contributed by atoms with Crippen molar-refractivity contribution in [2.75, 3.05) is 7.11 Å². The molecule has 0 spiro atoms. The Balaban J connectivity index is 2.09. The molecule has 0 saturated carbocycles. The molecule has 2 rings (SSSR count). The number of rotatable bonds is 7. The zero-order valence-corrected chi connectivity index (χ0v) is 12.9. The van der Waals surface area contributed by atoms with Crippen LogP contribution < -0.4 is 15.2 Å². The Labute approximate surface area is 127 Å². The van der Waals surface area contributed by atoms with Gasteiger partial charge in [-0.3, -0.25) is 4.79 Å². The normalized spacial score (nSPS) is 10.4. The minimum absolute atomic E-state index is 0.304. The lowest BCUT2D eigenvalue weighted by molar-refractivity contribution is 0.0995. The number of amides is 1. The summed E-state index contributed by atoms with van der Waals surface area (Å²) in [6.45, 7) is 2.43. The largest absolute Gasteiger partial charge is 0.497 e. The van der Waals surface area contributed by atoms with Gasteiger partial charge in [-0.2, -0.15) is 0 Å². The number of benzene rings is 1. The number of carbonyl (C=O) groups excluding carboxylic acids is 1. The summed E-state index contributed by atoms with van der Waals surface area (Å²) < 4.78 is 10.7. The quantitative estimate of drug-likeness (QED) is 0.853. The van der Waals surface area contributed by atoms with Crippen LogP contribution in [0.25, 0.3) is 0 Å². The average Bonchev–Trinajstić information content (AvgIpc) is 2.93. The van der Waals surface area contributed by atoms with Crippen LogP contribution in [0.1, 0.15) is 34.4 Å². The van der Waals surface area contributed by atoms with E-state index in [1.165, 1.54) is 7.11 Å². The van der Waals surface area contributed by atoms with E-state index in [2.05, 4.69) is 11.9 Å². The lowest BCUT2D eigenvalue weighted by Crippen LogP contribution is -2.13. The van der Waals surface area contributed by atoms with Crippen LogP contribution in [0.2, 0.25) is 0 Å². The first-order valence-electron chi connectivity index (χ1n) is 6.68. The second-order valence-corrected chi connectivity index (χ2v) is 5.44. The topological polar surface area (TPSA) is 74.4 Å². The molecule has 2 aromatic rings. The summed E-state index contributed by atoms with van der Waals surface area (Å²) >= 11 is 1.62. The third kappa shape index (κ3) is 3.95. The number of carbonyl (C=O) groups is 1. The monoisotopic (exact) mass is 306 g/mol. The third-order valence-corrected chi connectivity index (χ3v) is 3.85. The van der Waals surface area contributed by atoms with Crippen molar-refractivity contribution < 1.29 is 14.3 Å². The van der Waals surface area contributed by atoms with E-state index in [0.29, 0.717) is 23.7 Å². The van der Waals surface area contributed by atoms with Crippen LogP contribution in [-0.2, 0) is 13.0 Å². The standard InChI is InChI=1S/C15H18N2O3S/c1-3-4-14-17-10(9-21-14)8-20-13-6-5-11(19-2)7-12(13)15(16)18/h5-7,9H,3-4,8H2,1-2H3,(H2,16,18). The molecule has 5 nitrogen and oxygen atoms in total. The van der Waals surface area contributed by atoms with E-state index in [-0.39, 0.29) is 0 Å². The first kappa shape index (κ1) is 15.3. The number of methoxy groups -OCH3 is 1. The van der Waals surface area contributed by atoms with E-state index in [0.717, 1.165) is 23.5 Å². The molecule has 0 fully saturated rings. The zero-order valence-electron chi connectivity index (χ0n) is 12.1. The number of primary amides is 1. The fraction of sp³-hybridized carbons (Fsp3) is 0.333. The first-order chi connectivity index (χ1) is 10.1. The van der Waals surface area contributed by atoms with Gasteiger partial charge in [0.1, 0.15) is 18.1 Å². The van der Waals surface area contributed by atoms with E-state index in [4.69, 9.17) is 15.2 Å². The molecule has 0 unspecified atom stereocenters. The highest BCUT2D eigenvalue weighted by Crippen LogP contribution is 2.25. The maximum Gasteiger partial charge on any atom is 0.252 e. The molecule has 0 aliphatic rings. The van der Waals surface area contributed by atoms with Crippen molar-refractivity contribution in [3.8, 4) is 11.5 Å². The van der Waals surface area contributed by atoms with Gasteiger partial charge in [-0.25, -0.2) is 4.98 Å². The molecule has 1 aromatic heterocycles. The number of hydrogen-bond acceptors (Lipinski definition) is 5. The lowest BCUT2D eigenvalue weighted by Gasteiger charge is -2.10. The van der Waals surface area contributed by atoms with Gasteiger partial charge >= 0.3 is 0 Å². The van der Waals surface area contributed by atoms with Crippen molar-refractivity contribution in [3.63, 3.8) is 0 Å². The Morgan fingerprint density at radius 2 is 2.24 bits per heavy atom. The number of thiazole rings is 1. The smallest absolute Gasteiger partial charge is 0.252 e. The van der Waals surface area contributed by atoms with Crippen molar-refractivity contribution in [1.29, 1.82) is 0 Å². The van der Waals surface area contributed by atoms with E-state index < -0.39 is 5.91 Å². The number of hydrogen-bond donors (Lipinski definition) is 1. The van der Waals surface area contributed by atoms with Gasteiger partial charge in [-0.15, -0.1) is 11.3 Å². The molecule has 112 valence electrons. The number of aromatic nitrogens is 1. The van der Waals surface area contributed by atoms with Crippen molar-refractivity contribution in [2.45, 2.75) is 26.4 Å². The molecular formula is C15H18N2O3S. The second kappa shape index (κ2) is 7.08. The van der Waals surface area contributed by atoms with Crippen LogP contribution in [0.5, 0.6) is 11.5 Å². The molecule has 0 aliphatic heterocycles. The van der Waals surface area contributed by atoms with Crippen LogP contribution in [0.15, 0.2) is 23.6 Å². The molecular weight excluding hydrogens is 288 g/mol. The van der Waals surface area contributed by atoms with Crippen LogP contribution in [-0.4, -0.2) is 18.0 Å². The fourth-order valence-corrected chi connectivity index (χ4v) is 2.73. The first-order valence-corrected chi connectivity index (χ1v) is 7.56. The Morgan fingerprint density at radius 1 is 1.43 bits per heavy atom. The SMILES string of the molecule is CCCc1nc(COc2ccc(OC)cc2C(N)=O)cs1. The summed E-state index contributed by atoms with van der Waals surface area (Å²) in [6, 6.07) is 4.98. The highest BCUT2D eigenvalue weighted by molar-refractivity contribution is 7.09. The predicted octanol–water partition coefficient (Wildman–Crippen LogP) is 2.78.